The van der Waals surface area contributed by atoms with Crippen molar-refractivity contribution in [2.75, 3.05) is 13.2 Å². The second-order valence-electron chi connectivity index (χ2n) is 8.46. The predicted molar refractivity (Wildman–Crippen MR) is 108 cm³/mol. The van der Waals surface area contributed by atoms with Crippen LogP contribution in [0.1, 0.15) is 61.8 Å². The lowest BCUT2D eigenvalue weighted by atomic mass is 9.97. The van der Waals surface area contributed by atoms with Crippen molar-refractivity contribution in [2.45, 2.75) is 64.6 Å². The van der Waals surface area contributed by atoms with Crippen molar-refractivity contribution in [1.29, 1.82) is 0 Å². The van der Waals surface area contributed by atoms with E-state index in [1.807, 2.05) is 0 Å². The van der Waals surface area contributed by atoms with E-state index in [0.717, 1.165) is 37.6 Å². The van der Waals surface area contributed by atoms with Crippen molar-refractivity contribution in [3.05, 3.63) is 58.7 Å². The first kappa shape index (κ1) is 18.5. The molecule has 0 aliphatic carbocycles. The Hall–Kier alpha value is -1.84. The lowest BCUT2D eigenvalue weighted by Gasteiger charge is -2.17. The Bertz CT molecular complexity index is 734. The van der Waals surface area contributed by atoms with Crippen LogP contribution in [0.15, 0.2) is 36.4 Å². The normalized spacial score (nSPS) is 21.0. The van der Waals surface area contributed by atoms with Gasteiger partial charge in [0.1, 0.15) is 11.5 Å². The molecule has 0 saturated carbocycles. The van der Waals surface area contributed by atoms with E-state index in [1.54, 1.807) is 0 Å². The molecule has 2 atom stereocenters. The molecule has 0 spiro atoms. The summed E-state index contributed by atoms with van der Waals surface area (Å²) in [6.45, 7) is 10.6. The first-order valence-corrected chi connectivity index (χ1v) is 10.2. The summed E-state index contributed by atoms with van der Waals surface area (Å²) in [7, 11) is 0. The molecule has 0 N–H and O–H groups in total. The highest BCUT2D eigenvalue weighted by molar-refractivity contribution is 5.46. The molecule has 2 heterocycles. The summed E-state index contributed by atoms with van der Waals surface area (Å²) >= 11 is 0. The Kier molecular flexibility index (Phi) is 5.25. The largest absolute Gasteiger partial charge is 0.457 e. The van der Waals surface area contributed by atoms with E-state index in [-0.39, 0.29) is 0 Å². The average molecular weight is 367 g/mol. The van der Waals surface area contributed by atoms with E-state index >= 15 is 0 Å². The molecule has 0 radical (unpaired) electrons. The number of rotatable bonds is 8. The van der Waals surface area contributed by atoms with Crippen molar-refractivity contribution in [1.82, 2.24) is 0 Å². The van der Waals surface area contributed by atoms with Crippen molar-refractivity contribution in [3.63, 3.8) is 0 Å². The van der Waals surface area contributed by atoms with Crippen LogP contribution in [0.2, 0.25) is 0 Å². The summed E-state index contributed by atoms with van der Waals surface area (Å²) in [4.78, 5) is 0. The average Bonchev–Trinajstić information content (AvgIpc) is 3.54. The molecule has 0 unspecified atom stereocenters. The van der Waals surface area contributed by atoms with Crippen LogP contribution in [0.4, 0.5) is 0 Å². The van der Waals surface area contributed by atoms with Crippen LogP contribution >= 0.6 is 0 Å². The fourth-order valence-corrected chi connectivity index (χ4v) is 3.42. The van der Waals surface area contributed by atoms with Gasteiger partial charge in [0, 0.05) is 12.8 Å². The molecule has 2 aromatic carbocycles. The minimum Gasteiger partial charge on any atom is -0.457 e. The van der Waals surface area contributed by atoms with Gasteiger partial charge in [0.15, 0.2) is 0 Å². The maximum atomic E-state index is 6.46. The van der Waals surface area contributed by atoms with Gasteiger partial charge in [-0.1, -0.05) is 52.0 Å². The molecule has 4 rings (SSSR count). The SMILES string of the molecule is CC(C)c1ccc(Oc2ccc(C(C)C)cc2C[C@H]2CO2)c(C[C@H]2CO2)c1. The van der Waals surface area contributed by atoms with Crippen molar-refractivity contribution < 1.29 is 14.2 Å². The second kappa shape index (κ2) is 7.65. The van der Waals surface area contributed by atoms with Gasteiger partial charge in [-0.25, -0.2) is 0 Å². The fourth-order valence-electron chi connectivity index (χ4n) is 3.42. The van der Waals surface area contributed by atoms with E-state index in [0.29, 0.717) is 24.0 Å². The summed E-state index contributed by atoms with van der Waals surface area (Å²) in [6, 6.07) is 13.2. The maximum absolute atomic E-state index is 6.46. The topological polar surface area (TPSA) is 34.3 Å². The molecule has 0 amide bonds. The van der Waals surface area contributed by atoms with Crippen LogP contribution in [-0.2, 0) is 22.3 Å². The Morgan fingerprint density at radius 2 is 1.19 bits per heavy atom. The van der Waals surface area contributed by atoms with Gasteiger partial charge in [0.2, 0.25) is 0 Å². The Balaban J connectivity index is 1.64. The van der Waals surface area contributed by atoms with E-state index in [9.17, 15) is 0 Å². The molecule has 2 saturated heterocycles. The molecule has 3 nitrogen and oxygen atoms in total. The molecule has 3 heteroatoms. The molecule has 2 aromatic rings. The van der Waals surface area contributed by atoms with Gasteiger partial charge in [-0.2, -0.15) is 0 Å². The van der Waals surface area contributed by atoms with Crippen molar-refractivity contribution in [3.8, 4) is 11.5 Å². The second-order valence-corrected chi connectivity index (χ2v) is 8.46. The zero-order valence-electron chi connectivity index (χ0n) is 16.8. The molecule has 144 valence electrons. The van der Waals surface area contributed by atoms with E-state index in [2.05, 4.69) is 64.1 Å². The maximum Gasteiger partial charge on any atom is 0.130 e. The quantitative estimate of drug-likeness (QED) is 0.570. The Labute approximate surface area is 162 Å². The van der Waals surface area contributed by atoms with Crippen LogP contribution in [0, 0.1) is 0 Å². The third kappa shape index (κ3) is 4.72. The Morgan fingerprint density at radius 3 is 1.52 bits per heavy atom. The van der Waals surface area contributed by atoms with Gasteiger partial charge >= 0.3 is 0 Å². The summed E-state index contributed by atoms with van der Waals surface area (Å²) in [5, 5.41) is 0. The molecule has 0 aromatic heterocycles. The van der Waals surface area contributed by atoms with E-state index in [1.165, 1.54) is 22.3 Å². The summed E-state index contributed by atoms with van der Waals surface area (Å²) in [6.07, 6.45) is 2.53. The van der Waals surface area contributed by atoms with E-state index < -0.39 is 0 Å². The highest BCUT2D eigenvalue weighted by atomic mass is 16.6. The number of benzene rings is 2. The van der Waals surface area contributed by atoms with Gasteiger partial charge in [0.25, 0.3) is 0 Å². The molecule has 2 aliphatic rings. The summed E-state index contributed by atoms with van der Waals surface area (Å²) < 4.78 is 17.4. The highest BCUT2D eigenvalue weighted by Gasteiger charge is 2.27. The number of epoxide rings is 2. The van der Waals surface area contributed by atoms with Crippen LogP contribution < -0.4 is 4.74 Å². The first-order valence-electron chi connectivity index (χ1n) is 10.2. The molecule has 2 fully saturated rings. The number of hydrogen-bond acceptors (Lipinski definition) is 3. The zero-order valence-corrected chi connectivity index (χ0v) is 16.8. The molecular weight excluding hydrogens is 336 g/mol. The first-order chi connectivity index (χ1) is 13.0. The van der Waals surface area contributed by atoms with Gasteiger partial charge in [-0.05, 0) is 46.2 Å². The van der Waals surface area contributed by atoms with Crippen LogP contribution in [0.25, 0.3) is 0 Å². The molecule has 27 heavy (non-hydrogen) atoms. The van der Waals surface area contributed by atoms with Crippen molar-refractivity contribution >= 4 is 0 Å². The Morgan fingerprint density at radius 1 is 0.778 bits per heavy atom. The molecule has 0 bridgehead atoms. The van der Waals surface area contributed by atoms with E-state index in [4.69, 9.17) is 14.2 Å². The number of ether oxygens (including phenoxy) is 3. The van der Waals surface area contributed by atoms with Crippen molar-refractivity contribution in [2.24, 2.45) is 0 Å². The molecular formula is C24H30O3. The minimum atomic E-state index is 0.345. The standard InChI is InChI=1S/C24H30O3/c1-15(2)17-5-7-23(19(9-17)11-21-13-25-21)27-24-8-6-18(16(3)4)10-20(24)12-22-14-26-22/h5-10,15-16,21-22H,11-14H2,1-4H3/t21-,22-/m0/s1. The van der Waals surface area contributed by atoms with Gasteiger partial charge < -0.3 is 14.2 Å². The third-order valence-electron chi connectivity index (χ3n) is 5.42. The van der Waals surface area contributed by atoms with Crippen LogP contribution in [-0.4, -0.2) is 25.4 Å². The summed E-state index contributed by atoms with van der Waals surface area (Å²) in [5.74, 6) is 2.91. The lowest BCUT2D eigenvalue weighted by molar-refractivity contribution is 0.398. The zero-order chi connectivity index (χ0) is 19.0. The smallest absolute Gasteiger partial charge is 0.130 e. The van der Waals surface area contributed by atoms with Crippen LogP contribution in [0.5, 0.6) is 11.5 Å². The van der Waals surface area contributed by atoms with Gasteiger partial charge in [-0.15, -0.1) is 0 Å². The lowest BCUT2D eigenvalue weighted by Crippen LogP contribution is -2.03. The van der Waals surface area contributed by atoms with Crippen LogP contribution in [0.3, 0.4) is 0 Å². The molecule has 2 aliphatic heterocycles. The minimum absolute atomic E-state index is 0.345. The number of hydrogen-bond donors (Lipinski definition) is 0. The predicted octanol–water partition coefficient (Wildman–Crippen LogP) is 5.61. The van der Waals surface area contributed by atoms with Gasteiger partial charge in [0.05, 0.1) is 25.4 Å². The fraction of sp³-hybridized carbons (Fsp3) is 0.500. The monoisotopic (exact) mass is 366 g/mol. The summed E-state index contributed by atoms with van der Waals surface area (Å²) in [5.41, 5.74) is 5.18. The third-order valence-corrected chi connectivity index (χ3v) is 5.42. The highest BCUT2D eigenvalue weighted by Crippen LogP contribution is 2.35. The van der Waals surface area contributed by atoms with Gasteiger partial charge in [-0.3, -0.25) is 0 Å².